The summed E-state index contributed by atoms with van der Waals surface area (Å²) in [5.41, 5.74) is 0.991. The van der Waals surface area contributed by atoms with Crippen LogP contribution in [-0.2, 0) is 15.4 Å². The Balaban J connectivity index is 1.93. The lowest BCUT2D eigenvalue weighted by Crippen LogP contribution is -2.45. The van der Waals surface area contributed by atoms with E-state index in [1.54, 1.807) is 24.3 Å². The quantitative estimate of drug-likeness (QED) is 0.822. The maximum absolute atomic E-state index is 12.4. The predicted molar refractivity (Wildman–Crippen MR) is 105 cm³/mol. The third kappa shape index (κ3) is 5.47. The highest BCUT2D eigenvalue weighted by Gasteiger charge is 2.26. The van der Waals surface area contributed by atoms with Gasteiger partial charge in [0.1, 0.15) is 0 Å². The van der Waals surface area contributed by atoms with E-state index in [0.717, 1.165) is 31.2 Å². The van der Waals surface area contributed by atoms with Crippen molar-refractivity contribution in [3.63, 3.8) is 0 Å². The fraction of sp³-hybridized carbons (Fsp3) is 0.650. The lowest BCUT2D eigenvalue weighted by atomic mass is 9.80. The highest BCUT2D eigenvalue weighted by atomic mass is 32.2. The Morgan fingerprint density at radius 1 is 1.04 bits per heavy atom. The number of hydrogen-bond donors (Lipinski definition) is 2. The van der Waals surface area contributed by atoms with Crippen LogP contribution in [0.15, 0.2) is 29.2 Å². The minimum absolute atomic E-state index is 0.0449. The van der Waals surface area contributed by atoms with Crippen LogP contribution in [-0.4, -0.2) is 20.5 Å². The average Bonchev–Trinajstić information content (AvgIpc) is 2.54. The maximum atomic E-state index is 12.4. The van der Waals surface area contributed by atoms with Gasteiger partial charge in [-0.1, -0.05) is 46.8 Å². The van der Waals surface area contributed by atoms with E-state index in [1.165, 1.54) is 0 Å². The van der Waals surface area contributed by atoms with Crippen molar-refractivity contribution in [3.05, 3.63) is 29.8 Å². The number of rotatable bonds is 4. The molecule has 146 valence electrons. The highest BCUT2D eigenvalue weighted by Crippen LogP contribution is 2.29. The van der Waals surface area contributed by atoms with Gasteiger partial charge in [-0.3, -0.25) is 0 Å². The molecule has 1 aliphatic carbocycles. The Labute approximate surface area is 158 Å². The summed E-state index contributed by atoms with van der Waals surface area (Å²) in [5, 5.41) is 2.81. The first-order chi connectivity index (χ1) is 12.0. The Bertz CT molecular complexity index is 710. The van der Waals surface area contributed by atoms with Crippen LogP contribution in [0.1, 0.15) is 65.9 Å². The van der Waals surface area contributed by atoms with Crippen molar-refractivity contribution in [3.8, 4) is 0 Å². The predicted octanol–water partition coefficient (Wildman–Crippen LogP) is 4.19. The number of amides is 2. The van der Waals surface area contributed by atoms with Crippen molar-refractivity contribution < 1.29 is 13.2 Å². The van der Waals surface area contributed by atoms with E-state index in [1.807, 2.05) is 0 Å². The van der Waals surface area contributed by atoms with Crippen LogP contribution in [0.5, 0.6) is 0 Å². The van der Waals surface area contributed by atoms with E-state index >= 15 is 0 Å². The molecule has 0 bridgehead atoms. The van der Waals surface area contributed by atoms with Gasteiger partial charge >= 0.3 is 6.03 Å². The van der Waals surface area contributed by atoms with Crippen molar-refractivity contribution >= 4 is 16.1 Å². The second kappa shape index (κ2) is 7.99. The molecule has 0 aromatic heterocycles. The lowest BCUT2D eigenvalue weighted by molar-refractivity contribution is 0.219. The molecular formula is C20H32N2O3S. The van der Waals surface area contributed by atoms with Gasteiger partial charge < -0.3 is 5.32 Å². The largest absolute Gasteiger partial charge is 0.335 e. The van der Waals surface area contributed by atoms with Crippen molar-refractivity contribution in [2.75, 3.05) is 0 Å². The maximum Gasteiger partial charge on any atom is 0.328 e. The second-order valence-electron chi connectivity index (χ2n) is 8.71. The molecule has 0 spiro atoms. The van der Waals surface area contributed by atoms with E-state index in [-0.39, 0.29) is 16.4 Å². The Morgan fingerprint density at radius 2 is 1.58 bits per heavy atom. The number of sulfonamides is 1. The molecule has 0 saturated heterocycles. The molecule has 1 saturated carbocycles. The van der Waals surface area contributed by atoms with Gasteiger partial charge in [0.25, 0.3) is 10.0 Å². The fourth-order valence-electron chi connectivity index (χ4n) is 3.46. The zero-order valence-electron chi connectivity index (χ0n) is 16.5. The van der Waals surface area contributed by atoms with Gasteiger partial charge in [-0.2, -0.15) is 0 Å². The summed E-state index contributed by atoms with van der Waals surface area (Å²) >= 11 is 0. The summed E-state index contributed by atoms with van der Waals surface area (Å²) in [6.45, 7) is 10.6. The zero-order valence-corrected chi connectivity index (χ0v) is 17.3. The molecule has 0 aliphatic heterocycles. The van der Waals surface area contributed by atoms with Crippen molar-refractivity contribution in [1.29, 1.82) is 0 Å². The monoisotopic (exact) mass is 380 g/mol. The standard InChI is InChI=1S/C20H32N2O3S/c1-14(2)15-6-10-17(11-7-15)21-19(23)22-26(24,25)18-12-8-16(9-13-18)20(3,4)5/h8-9,12-15,17H,6-7,10-11H2,1-5H3,(H2,21,22,23). The van der Waals surface area contributed by atoms with Gasteiger partial charge in [-0.15, -0.1) is 0 Å². The summed E-state index contributed by atoms with van der Waals surface area (Å²) in [5.74, 6) is 1.35. The van der Waals surface area contributed by atoms with Crippen LogP contribution >= 0.6 is 0 Å². The van der Waals surface area contributed by atoms with Crippen LogP contribution in [0.4, 0.5) is 4.79 Å². The van der Waals surface area contributed by atoms with Crippen LogP contribution < -0.4 is 10.0 Å². The Kier molecular flexibility index (Phi) is 6.37. The highest BCUT2D eigenvalue weighted by molar-refractivity contribution is 7.90. The van der Waals surface area contributed by atoms with Gasteiger partial charge in [-0.25, -0.2) is 17.9 Å². The number of benzene rings is 1. The third-order valence-corrected chi connectivity index (χ3v) is 6.65. The first kappa shape index (κ1) is 20.7. The summed E-state index contributed by atoms with van der Waals surface area (Å²) in [6, 6.07) is 6.08. The number of nitrogens with one attached hydrogen (secondary N) is 2. The van der Waals surface area contributed by atoms with E-state index in [2.05, 4.69) is 44.7 Å². The van der Waals surface area contributed by atoms with Crippen LogP contribution in [0.25, 0.3) is 0 Å². The molecule has 1 aromatic rings. The molecule has 0 radical (unpaired) electrons. The Hall–Kier alpha value is -1.56. The van der Waals surface area contributed by atoms with Crippen LogP contribution in [0, 0.1) is 11.8 Å². The van der Waals surface area contributed by atoms with Crippen molar-refractivity contribution in [2.24, 2.45) is 11.8 Å². The molecule has 6 heteroatoms. The molecular weight excluding hydrogens is 348 g/mol. The zero-order chi connectivity index (χ0) is 19.5. The van der Waals surface area contributed by atoms with Crippen LogP contribution in [0.2, 0.25) is 0 Å². The lowest BCUT2D eigenvalue weighted by Gasteiger charge is -2.31. The van der Waals surface area contributed by atoms with E-state index in [9.17, 15) is 13.2 Å². The van der Waals surface area contributed by atoms with Gasteiger partial charge in [0.05, 0.1) is 4.90 Å². The number of hydrogen-bond acceptors (Lipinski definition) is 3. The molecule has 0 unspecified atom stereocenters. The molecule has 0 atom stereocenters. The molecule has 26 heavy (non-hydrogen) atoms. The number of carbonyl (C=O) groups is 1. The summed E-state index contributed by atoms with van der Waals surface area (Å²) in [7, 11) is -3.86. The number of urea groups is 1. The SMILES string of the molecule is CC(C)C1CCC(NC(=O)NS(=O)(=O)c2ccc(C(C)(C)C)cc2)CC1. The first-order valence-electron chi connectivity index (χ1n) is 9.43. The minimum atomic E-state index is -3.86. The third-order valence-electron chi connectivity index (χ3n) is 5.31. The minimum Gasteiger partial charge on any atom is -0.335 e. The molecule has 1 aromatic carbocycles. The Morgan fingerprint density at radius 3 is 2.04 bits per heavy atom. The van der Waals surface area contributed by atoms with Gasteiger partial charge in [0.2, 0.25) is 0 Å². The number of carbonyl (C=O) groups excluding carboxylic acids is 1. The summed E-state index contributed by atoms with van der Waals surface area (Å²) in [4.78, 5) is 12.2. The van der Waals surface area contributed by atoms with Gasteiger partial charge in [0.15, 0.2) is 0 Å². The van der Waals surface area contributed by atoms with Gasteiger partial charge in [0, 0.05) is 6.04 Å². The van der Waals surface area contributed by atoms with Crippen molar-refractivity contribution in [2.45, 2.75) is 76.7 Å². The molecule has 2 amide bonds. The summed E-state index contributed by atoms with van der Waals surface area (Å²) < 4.78 is 27.0. The van der Waals surface area contributed by atoms with E-state index in [0.29, 0.717) is 11.8 Å². The van der Waals surface area contributed by atoms with Crippen LogP contribution in [0.3, 0.4) is 0 Å². The normalized spacial score (nSPS) is 21.5. The first-order valence-corrected chi connectivity index (χ1v) is 10.9. The molecule has 5 nitrogen and oxygen atoms in total. The molecule has 2 rings (SSSR count). The molecule has 0 heterocycles. The summed E-state index contributed by atoms with van der Waals surface area (Å²) in [6.07, 6.45) is 3.94. The second-order valence-corrected chi connectivity index (χ2v) is 10.4. The molecule has 2 N–H and O–H groups in total. The van der Waals surface area contributed by atoms with E-state index in [4.69, 9.17) is 0 Å². The molecule has 1 aliphatic rings. The van der Waals surface area contributed by atoms with Gasteiger partial charge in [-0.05, 0) is 60.6 Å². The average molecular weight is 381 g/mol. The van der Waals surface area contributed by atoms with E-state index < -0.39 is 16.1 Å². The van der Waals surface area contributed by atoms with Crippen molar-refractivity contribution in [1.82, 2.24) is 10.0 Å². The fourth-order valence-corrected chi connectivity index (χ4v) is 4.38. The smallest absolute Gasteiger partial charge is 0.328 e. The topological polar surface area (TPSA) is 75.3 Å². The molecule has 1 fully saturated rings.